The maximum Gasteiger partial charge on any atom is 0.0787 e. The highest BCUT2D eigenvalue weighted by atomic mass is 16.5. The zero-order valence-corrected chi connectivity index (χ0v) is 12.3. The van der Waals surface area contributed by atoms with Crippen molar-refractivity contribution in [2.45, 2.75) is 77.7 Å². The van der Waals surface area contributed by atoms with Gasteiger partial charge in [-0.05, 0) is 60.9 Å². The molecule has 1 atom stereocenters. The van der Waals surface area contributed by atoms with E-state index in [2.05, 4.69) is 46.9 Å². The van der Waals surface area contributed by atoms with Gasteiger partial charge in [-0.1, -0.05) is 0 Å². The second-order valence-corrected chi connectivity index (χ2v) is 6.45. The molecule has 102 valence electrons. The number of ether oxygens (including phenoxy) is 2. The Morgan fingerprint density at radius 3 is 2.41 bits per heavy atom. The summed E-state index contributed by atoms with van der Waals surface area (Å²) in [7, 11) is 0. The molecule has 0 bridgehead atoms. The molecule has 17 heavy (non-hydrogen) atoms. The average molecular weight is 243 g/mol. The minimum absolute atomic E-state index is 0.00437. The standard InChI is InChI=1S/C14H29NO2/c1-11(2)16-9-7-8-15-12-10-13(3,4)17-14(12,5)6/h11-12,15H,7-10H2,1-6H3. The van der Waals surface area contributed by atoms with Crippen LogP contribution < -0.4 is 5.32 Å². The Labute approximate surface area is 106 Å². The van der Waals surface area contributed by atoms with Crippen LogP contribution in [0.1, 0.15) is 54.4 Å². The normalized spacial score (nSPS) is 26.6. The Balaban J connectivity index is 2.23. The van der Waals surface area contributed by atoms with Gasteiger partial charge in [-0.2, -0.15) is 0 Å². The van der Waals surface area contributed by atoms with Crippen molar-refractivity contribution in [3.05, 3.63) is 0 Å². The molecule has 0 aliphatic carbocycles. The summed E-state index contributed by atoms with van der Waals surface area (Å²) in [5, 5.41) is 3.60. The largest absolute Gasteiger partial charge is 0.379 e. The van der Waals surface area contributed by atoms with Crippen LogP contribution in [-0.4, -0.2) is 36.5 Å². The highest BCUT2D eigenvalue weighted by molar-refractivity contribution is 4.98. The van der Waals surface area contributed by atoms with E-state index >= 15 is 0 Å². The van der Waals surface area contributed by atoms with Crippen LogP contribution in [0, 0.1) is 0 Å². The second-order valence-electron chi connectivity index (χ2n) is 6.45. The van der Waals surface area contributed by atoms with Crippen LogP contribution in [0.4, 0.5) is 0 Å². The second kappa shape index (κ2) is 5.68. The molecule has 0 aromatic rings. The van der Waals surface area contributed by atoms with Crippen LogP contribution in [0.25, 0.3) is 0 Å². The molecule has 1 rings (SSSR count). The summed E-state index contributed by atoms with van der Waals surface area (Å²) in [6.45, 7) is 14.7. The summed E-state index contributed by atoms with van der Waals surface area (Å²) in [6, 6.07) is 0.441. The van der Waals surface area contributed by atoms with Gasteiger partial charge in [0.1, 0.15) is 0 Å². The van der Waals surface area contributed by atoms with Gasteiger partial charge in [0.2, 0.25) is 0 Å². The Morgan fingerprint density at radius 2 is 1.94 bits per heavy atom. The molecule has 1 unspecified atom stereocenters. The molecule has 1 aliphatic rings. The van der Waals surface area contributed by atoms with Crippen LogP contribution >= 0.6 is 0 Å². The number of nitrogens with one attached hydrogen (secondary N) is 1. The maximum absolute atomic E-state index is 6.05. The third-order valence-electron chi connectivity index (χ3n) is 3.24. The van der Waals surface area contributed by atoms with Crippen molar-refractivity contribution in [2.24, 2.45) is 0 Å². The molecule has 0 saturated carbocycles. The van der Waals surface area contributed by atoms with Crippen molar-refractivity contribution in [1.29, 1.82) is 0 Å². The Kier molecular flexibility index (Phi) is 4.99. The smallest absolute Gasteiger partial charge is 0.0787 e. The van der Waals surface area contributed by atoms with Gasteiger partial charge < -0.3 is 14.8 Å². The molecule has 0 amide bonds. The van der Waals surface area contributed by atoms with E-state index in [0.717, 1.165) is 26.0 Å². The van der Waals surface area contributed by atoms with Gasteiger partial charge in [0.25, 0.3) is 0 Å². The van der Waals surface area contributed by atoms with E-state index in [4.69, 9.17) is 9.47 Å². The van der Waals surface area contributed by atoms with Crippen LogP contribution in [0.2, 0.25) is 0 Å². The average Bonchev–Trinajstić information content (AvgIpc) is 2.33. The highest BCUT2D eigenvalue weighted by Gasteiger charge is 2.45. The molecule has 1 fully saturated rings. The zero-order chi connectivity index (χ0) is 13.1. The van der Waals surface area contributed by atoms with Crippen molar-refractivity contribution in [1.82, 2.24) is 5.32 Å². The number of hydrogen-bond acceptors (Lipinski definition) is 3. The molecule has 0 aromatic carbocycles. The predicted octanol–water partition coefficient (Wildman–Crippen LogP) is 2.74. The van der Waals surface area contributed by atoms with E-state index < -0.39 is 0 Å². The van der Waals surface area contributed by atoms with E-state index in [1.54, 1.807) is 0 Å². The lowest BCUT2D eigenvalue weighted by Crippen LogP contribution is -2.43. The first-order chi connectivity index (χ1) is 7.73. The van der Waals surface area contributed by atoms with Gasteiger partial charge in [0, 0.05) is 12.6 Å². The summed E-state index contributed by atoms with van der Waals surface area (Å²) >= 11 is 0. The van der Waals surface area contributed by atoms with Crippen LogP contribution in [0.15, 0.2) is 0 Å². The third-order valence-corrected chi connectivity index (χ3v) is 3.24. The van der Waals surface area contributed by atoms with Gasteiger partial charge in [-0.15, -0.1) is 0 Å². The van der Waals surface area contributed by atoms with Gasteiger partial charge >= 0.3 is 0 Å². The van der Waals surface area contributed by atoms with Crippen LogP contribution in [0.5, 0.6) is 0 Å². The molecule has 0 spiro atoms. The molecule has 0 aromatic heterocycles. The fraction of sp³-hybridized carbons (Fsp3) is 1.00. The monoisotopic (exact) mass is 243 g/mol. The maximum atomic E-state index is 6.05. The molecule has 1 heterocycles. The topological polar surface area (TPSA) is 30.5 Å². The van der Waals surface area contributed by atoms with E-state index in [-0.39, 0.29) is 11.2 Å². The Bertz CT molecular complexity index is 236. The minimum atomic E-state index is -0.0671. The van der Waals surface area contributed by atoms with Crippen molar-refractivity contribution in [2.75, 3.05) is 13.2 Å². The summed E-state index contributed by atoms with van der Waals surface area (Å²) in [6.07, 6.45) is 2.47. The highest BCUT2D eigenvalue weighted by Crippen LogP contribution is 2.37. The fourth-order valence-corrected chi connectivity index (χ4v) is 2.55. The van der Waals surface area contributed by atoms with Crippen LogP contribution in [-0.2, 0) is 9.47 Å². The van der Waals surface area contributed by atoms with E-state index in [1.807, 2.05) is 0 Å². The zero-order valence-electron chi connectivity index (χ0n) is 12.3. The SMILES string of the molecule is CC(C)OCCCNC1CC(C)(C)OC1(C)C. The van der Waals surface area contributed by atoms with Crippen LogP contribution in [0.3, 0.4) is 0 Å². The first-order valence-electron chi connectivity index (χ1n) is 6.78. The Morgan fingerprint density at radius 1 is 1.29 bits per heavy atom. The van der Waals surface area contributed by atoms with Gasteiger partial charge in [0.15, 0.2) is 0 Å². The van der Waals surface area contributed by atoms with Gasteiger partial charge in [-0.25, -0.2) is 0 Å². The van der Waals surface area contributed by atoms with Gasteiger partial charge in [-0.3, -0.25) is 0 Å². The predicted molar refractivity (Wildman–Crippen MR) is 71.4 cm³/mol. The van der Waals surface area contributed by atoms with Gasteiger partial charge in [0.05, 0.1) is 17.3 Å². The number of hydrogen-bond donors (Lipinski definition) is 1. The third kappa shape index (κ3) is 4.94. The minimum Gasteiger partial charge on any atom is -0.379 e. The van der Waals surface area contributed by atoms with E-state index in [9.17, 15) is 0 Å². The lowest BCUT2D eigenvalue weighted by atomic mass is 9.94. The molecular formula is C14H29NO2. The summed E-state index contributed by atoms with van der Waals surface area (Å²) in [5.74, 6) is 0. The van der Waals surface area contributed by atoms with E-state index in [0.29, 0.717) is 12.1 Å². The molecule has 0 radical (unpaired) electrons. The quantitative estimate of drug-likeness (QED) is 0.728. The molecule has 1 N–H and O–H groups in total. The molecular weight excluding hydrogens is 214 g/mol. The van der Waals surface area contributed by atoms with Crippen molar-refractivity contribution in [3.8, 4) is 0 Å². The summed E-state index contributed by atoms with van der Waals surface area (Å²) in [4.78, 5) is 0. The summed E-state index contributed by atoms with van der Waals surface area (Å²) < 4.78 is 11.6. The van der Waals surface area contributed by atoms with Crippen molar-refractivity contribution < 1.29 is 9.47 Å². The fourth-order valence-electron chi connectivity index (χ4n) is 2.55. The molecule has 1 aliphatic heterocycles. The van der Waals surface area contributed by atoms with E-state index in [1.165, 1.54) is 0 Å². The van der Waals surface area contributed by atoms with Crippen molar-refractivity contribution >= 4 is 0 Å². The molecule has 1 saturated heterocycles. The first kappa shape index (κ1) is 14.9. The number of rotatable bonds is 6. The molecule has 3 nitrogen and oxygen atoms in total. The lowest BCUT2D eigenvalue weighted by molar-refractivity contribution is -0.0699. The first-order valence-corrected chi connectivity index (χ1v) is 6.78. The Hall–Kier alpha value is -0.120. The summed E-state index contributed by atoms with van der Waals surface area (Å²) in [5.41, 5.74) is -0.0714. The van der Waals surface area contributed by atoms with Crippen molar-refractivity contribution in [3.63, 3.8) is 0 Å². The lowest BCUT2D eigenvalue weighted by Gasteiger charge is -2.27. The molecule has 3 heteroatoms.